The Labute approximate surface area is 190 Å². The van der Waals surface area contributed by atoms with Crippen LogP contribution in [0.15, 0.2) is 82.8 Å². The first-order chi connectivity index (χ1) is 15.1. The molecule has 3 rings (SSSR count). The van der Waals surface area contributed by atoms with Crippen molar-refractivity contribution in [3.05, 3.63) is 99.5 Å². The molecule has 6 heteroatoms. The van der Waals surface area contributed by atoms with Gasteiger partial charge >= 0.3 is 0 Å². The van der Waals surface area contributed by atoms with E-state index >= 15 is 0 Å². The Morgan fingerprint density at radius 1 is 1.03 bits per heavy atom. The minimum Gasteiger partial charge on any atom is -0.493 e. The number of ether oxygens (including phenoxy) is 2. The maximum absolute atomic E-state index is 12.5. The van der Waals surface area contributed by atoms with E-state index in [1.54, 1.807) is 19.2 Å². The molecule has 0 fully saturated rings. The number of benzene rings is 3. The van der Waals surface area contributed by atoms with Gasteiger partial charge in [0, 0.05) is 11.0 Å². The van der Waals surface area contributed by atoms with Crippen molar-refractivity contribution >= 4 is 27.9 Å². The number of rotatable bonds is 8. The van der Waals surface area contributed by atoms with Crippen LogP contribution in [0.1, 0.15) is 16.7 Å². The Morgan fingerprint density at radius 2 is 1.68 bits per heavy atom. The summed E-state index contributed by atoms with van der Waals surface area (Å²) < 4.78 is 12.0. The highest BCUT2D eigenvalue weighted by Gasteiger charge is 2.13. The van der Waals surface area contributed by atoms with E-state index in [4.69, 9.17) is 9.47 Å². The highest BCUT2D eigenvalue weighted by Crippen LogP contribution is 2.35. The molecule has 0 aliphatic carbocycles. The van der Waals surface area contributed by atoms with Crippen molar-refractivity contribution in [1.82, 2.24) is 5.32 Å². The third-order valence-corrected chi connectivity index (χ3v) is 5.17. The zero-order valence-electron chi connectivity index (χ0n) is 17.0. The van der Waals surface area contributed by atoms with Crippen LogP contribution < -0.4 is 14.8 Å². The molecule has 0 unspecified atom stereocenters. The fourth-order valence-electron chi connectivity index (χ4n) is 2.85. The maximum atomic E-state index is 12.5. The molecule has 31 heavy (non-hydrogen) atoms. The van der Waals surface area contributed by atoms with Crippen molar-refractivity contribution in [3.63, 3.8) is 0 Å². The van der Waals surface area contributed by atoms with Gasteiger partial charge in [-0.3, -0.25) is 4.79 Å². The van der Waals surface area contributed by atoms with E-state index in [2.05, 4.69) is 21.2 Å². The van der Waals surface area contributed by atoms with E-state index in [9.17, 15) is 10.1 Å². The van der Waals surface area contributed by atoms with Gasteiger partial charge < -0.3 is 14.8 Å². The second kappa shape index (κ2) is 11.0. The Balaban J connectivity index is 1.76. The van der Waals surface area contributed by atoms with Crippen molar-refractivity contribution in [1.29, 1.82) is 5.26 Å². The van der Waals surface area contributed by atoms with Crippen LogP contribution in [0.5, 0.6) is 11.5 Å². The lowest BCUT2D eigenvalue weighted by Gasteiger charge is -2.13. The van der Waals surface area contributed by atoms with Crippen molar-refractivity contribution in [2.45, 2.75) is 13.2 Å². The first-order valence-corrected chi connectivity index (χ1v) is 10.4. The van der Waals surface area contributed by atoms with Crippen LogP contribution in [0.3, 0.4) is 0 Å². The number of nitrogens with one attached hydrogen (secondary N) is 1. The standard InChI is InChI=1S/C25H21BrN2O3/c1-30-23-13-20(22(26)14-24(23)31-17-19-10-6-3-7-11-19)12-21(15-27)25(29)28-16-18-8-4-2-5-9-18/h2-14H,16-17H2,1H3,(H,28,29)/b21-12+. The largest absolute Gasteiger partial charge is 0.493 e. The van der Waals surface area contributed by atoms with Crippen molar-refractivity contribution in [2.24, 2.45) is 0 Å². The number of hydrogen-bond donors (Lipinski definition) is 1. The summed E-state index contributed by atoms with van der Waals surface area (Å²) in [4.78, 5) is 12.5. The van der Waals surface area contributed by atoms with E-state index < -0.39 is 5.91 Å². The van der Waals surface area contributed by atoms with Gasteiger partial charge in [0.25, 0.3) is 5.91 Å². The molecule has 0 saturated heterocycles. The number of methoxy groups -OCH3 is 1. The second-order valence-corrected chi connectivity index (χ2v) is 7.49. The monoisotopic (exact) mass is 476 g/mol. The molecule has 1 N–H and O–H groups in total. The lowest BCUT2D eigenvalue weighted by Crippen LogP contribution is -2.23. The topological polar surface area (TPSA) is 71.3 Å². The SMILES string of the molecule is COc1cc(/C=C(\C#N)C(=O)NCc2ccccc2)c(Br)cc1OCc1ccccc1. The van der Waals surface area contributed by atoms with E-state index in [0.29, 0.717) is 34.7 Å². The van der Waals surface area contributed by atoms with Gasteiger partial charge in [-0.1, -0.05) is 76.6 Å². The van der Waals surface area contributed by atoms with Crippen molar-refractivity contribution in [3.8, 4) is 17.6 Å². The molecule has 0 bridgehead atoms. The zero-order chi connectivity index (χ0) is 22.1. The number of nitrogens with zero attached hydrogens (tertiary/aromatic N) is 1. The average molecular weight is 477 g/mol. The van der Waals surface area contributed by atoms with Gasteiger partial charge in [-0.25, -0.2) is 0 Å². The van der Waals surface area contributed by atoms with Gasteiger partial charge in [0.2, 0.25) is 0 Å². The Bertz CT molecular complexity index is 1110. The summed E-state index contributed by atoms with van der Waals surface area (Å²) in [6.45, 7) is 0.736. The van der Waals surface area contributed by atoms with Crippen molar-refractivity contribution < 1.29 is 14.3 Å². The highest BCUT2D eigenvalue weighted by atomic mass is 79.9. The average Bonchev–Trinajstić information content (AvgIpc) is 2.81. The van der Waals surface area contributed by atoms with E-state index in [0.717, 1.165) is 11.1 Å². The molecular weight excluding hydrogens is 456 g/mol. The van der Waals surface area contributed by atoms with Crippen LogP contribution >= 0.6 is 15.9 Å². The van der Waals surface area contributed by atoms with Crippen molar-refractivity contribution in [2.75, 3.05) is 7.11 Å². The normalized spacial score (nSPS) is 10.8. The minimum absolute atomic E-state index is 0.00311. The molecule has 3 aromatic carbocycles. The lowest BCUT2D eigenvalue weighted by atomic mass is 10.1. The van der Waals surface area contributed by atoms with Crippen LogP contribution in [-0.4, -0.2) is 13.0 Å². The third-order valence-electron chi connectivity index (χ3n) is 4.48. The molecule has 0 spiro atoms. The number of halogens is 1. The van der Waals surface area contributed by atoms with Gasteiger partial charge in [-0.2, -0.15) is 5.26 Å². The molecular formula is C25H21BrN2O3. The number of carbonyl (C=O) groups is 1. The smallest absolute Gasteiger partial charge is 0.262 e. The van der Waals surface area contributed by atoms with E-state index in [1.807, 2.05) is 66.7 Å². The van der Waals surface area contributed by atoms with Crippen LogP contribution in [0, 0.1) is 11.3 Å². The molecule has 1 amide bonds. The number of hydrogen-bond acceptors (Lipinski definition) is 4. The van der Waals surface area contributed by atoms with E-state index in [1.165, 1.54) is 6.08 Å². The summed E-state index contributed by atoms with van der Waals surface area (Å²) in [6.07, 6.45) is 1.52. The summed E-state index contributed by atoms with van der Waals surface area (Å²) in [6, 6.07) is 24.8. The lowest BCUT2D eigenvalue weighted by molar-refractivity contribution is -0.117. The molecule has 0 aromatic heterocycles. The molecule has 0 saturated carbocycles. The Morgan fingerprint density at radius 3 is 2.29 bits per heavy atom. The zero-order valence-corrected chi connectivity index (χ0v) is 18.6. The van der Waals surface area contributed by atoms with Gasteiger partial charge in [0.05, 0.1) is 7.11 Å². The van der Waals surface area contributed by atoms with Crippen LogP contribution in [-0.2, 0) is 17.9 Å². The summed E-state index contributed by atoms with van der Waals surface area (Å²) in [5.41, 5.74) is 2.62. The summed E-state index contributed by atoms with van der Waals surface area (Å²) in [7, 11) is 1.55. The molecule has 0 radical (unpaired) electrons. The first-order valence-electron chi connectivity index (χ1n) is 9.59. The number of amides is 1. The van der Waals surface area contributed by atoms with Crippen LogP contribution in [0.25, 0.3) is 6.08 Å². The van der Waals surface area contributed by atoms with Crippen LogP contribution in [0.4, 0.5) is 0 Å². The molecule has 156 valence electrons. The minimum atomic E-state index is -0.443. The molecule has 0 heterocycles. The summed E-state index contributed by atoms with van der Waals surface area (Å²) in [5, 5.41) is 12.3. The van der Waals surface area contributed by atoms with E-state index in [-0.39, 0.29) is 5.57 Å². The second-order valence-electron chi connectivity index (χ2n) is 6.64. The molecule has 0 aliphatic heterocycles. The molecule has 0 aliphatic rings. The maximum Gasteiger partial charge on any atom is 0.262 e. The number of carbonyl (C=O) groups excluding carboxylic acids is 1. The summed E-state index contributed by atoms with van der Waals surface area (Å²) >= 11 is 3.50. The fraction of sp³-hybridized carbons (Fsp3) is 0.120. The quantitative estimate of drug-likeness (QED) is 0.355. The van der Waals surface area contributed by atoms with Gasteiger partial charge in [-0.15, -0.1) is 0 Å². The molecule has 3 aromatic rings. The van der Waals surface area contributed by atoms with Gasteiger partial charge in [-0.05, 0) is 34.9 Å². The van der Waals surface area contributed by atoms with Gasteiger partial charge in [0.15, 0.2) is 11.5 Å². The predicted octanol–water partition coefficient (Wildman–Crippen LogP) is 5.26. The first kappa shape index (κ1) is 22.1. The summed E-state index contributed by atoms with van der Waals surface area (Å²) in [5.74, 6) is 0.622. The predicted molar refractivity (Wildman–Crippen MR) is 123 cm³/mol. The molecule has 5 nitrogen and oxygen atoms in total. The van der Waals surface area contributed by atoms with Crippen LogP contribution in [0.2, 0.25) is 0 Å². The third kappa shape index (κ3) is 6.21. The number of nitriles is 1. The van der Waals surface area contributed by atoms with Gasteiger partial charge in [0.1, 0.15) is 18.2 Å². The molecule has 0 atom stereocenters. The fourth-order valence-corrected chi connectivity index (χ4v) is 3.28. The Kier molecular flexibility index (Phi) is 7.85. The highest BCUT2D eigenvalue weighted by molar-refractivity contribution is 9.10. The Hall–Kier alpha value is -3.56.